The van der Waals surface area contributed by atoms with E-state index in [1.54, 1.807) is 42.1 Å². The lowest BCUT2D eigenvalue weighted by Gasteiger charge is -2.08. The van der Waals surface area contributed by atoms with Gasteiger partial charge in [-0.25, -0.2) is 0 Å². The minimum Gasteiger partial charge on any atom is -0.497 e. The van der Waals surface area contributed by atoms with Crippen LogP contribution in [-0.2, 0) is 11.3 Å². The van der Waals surface area contributed by atoms with Gasteiger partial charge in [0.2, 0.25) is 5.91 Å². The predicted octanol–water partition coefficient (Wildman–Crippen LogP) is 3.92. The predicted molar refractivity (Wildman–Crippen MR) is 96.0 cm³/mol. The van der Waals surface area contributed by atoms with Crippen molar-refractivity contribution in [2.75, 3.05) is 12.4 Å². The Bertz CT molecular complexity index is 939. The molecule has 0 aliphatic carbocycles. The number of carbonyl (C=O) groups is 1. The van der Waals surface area contributed by atoms with Gasteiger partial charge in [0, 0.05) is 27.3 Å². The highest BCUT2D eigenvalue weighted by atomic mass is 79.9. The van der Waals surface area contributed by atoms with Gasteiger partial charge in [-0.05, 0) is 42.5 Å². The van der Waals surface area contributed by atoms with Crippen molar-refractivity contribution in [2.45, 2.75) is 6.54 Å². The average molecular weight is 384 g/mol. The minimum atomic E-state index is -0.163. The van der Waals surface area contributed by atoms with Crippen LogP contribution in [0.5, 0.6) is 5.75 Å². The summed E-state index contributed by atoms with van der Waals surface area (Å²) in [4.78, 5) is 12.3. The van der Waals surface area contributed by atoms with Crippen LogP contribution in [0.1, 0.15) is 5.56 Å². The zero-order valence-corrected chi connectivity index (χ0v) is 14.5. The Kier molecular flexibility index (Phi) is 4.54. The molecule has 0 aliphatic heterocycles. The lowest BCUT2D eigenvalue weighted by Crippen LogP contribution is -2.18. The van der Waals surface area contributed by atoms with Crippen molar-refractivity contribution in [1.82, 2.24) is 4.57 Å². The Labute approximate surface area is 147 Å². The van der Waals surface area contributed by atoms with Gasteiger partial charge in [-0.2, -0.15) is 5.26 Å². The second kappa shape index (κ2) is 6.77. The molecule has 0 spiro atoms. The van der Waals surface area contributed by atoms with E-state index in [-0.39, 0.29) is 12.5 Å². The number of fused-ring (bicyclic) bond motifs is 1. The summed E-state index contributed by atoms with van der Waals surface area (Å²) in [6, 6.07) is 15.0. The summed E-state index contributed by atoms with van der Waals surface area (Å²) in [7, 11) is 1.59. The number of amides is 1. The first-order valence-corrected chi connectivity index (χ1v) is 8.02. The molecule has 2 aromatic carbocycles. The fraction of sp³-hybridized carbons (Fsp3) is 0.111. The van der Waals surface area contributed by atoms with E-state index in [1.165, 1.54) is 0 Å². The van der Waals surface area contributed by atoms with E-state index >= 15 is 0 Å². The monoisotopic (exact) mass is 383 g/mol. The Morgan fingerprint density at radius 3 is 2.71 bits per heavy atom. The number of hydrogen-bond donors (Lipinski definition) is 1. The van der Waals surface area contributed by atoms with Crippen molar-refractivity contribution < 1.29 is 9.53 Å². The number of nitrogens with zero attached hydrogens (tertiary/aromatic N) is 2. The molecule has 0 atom stereocenters. The van der Waals surface area contributed by atoms with Crippen LogP contribution in [0, 0.1) is 11.3 Å². The second-order valence-electron chi connectivity index (χ2n) is 5.22. The second-order valence-corrected chi connectivity index (χ2v) is 6.14. The molecular formula is C18H14BrN3O2. The van der Waals surface area contributed by atoms with Gasteiger partial charge in [0.25, 0.3) is 0 Å². The Hall–Kier alpha value is -2.78. The molecule has 0 fully saturated rings. The molecule has 0 aliphatic rings. The SMILES string of the molecule is COc1ccc(NC(=O)Cn2cc(C#N)c3cc(Br)ccc32)cc1. The standard InChI is InChI=1S/C18H14BrN3O2/c1-24-15-5-3-14(4-6-15)21-18(23)11-22-10-12(9-20)16-8-13(19)2-7-17(16)22/h2-8,10H,11H2,1H3,(H,21,23). The van der Waals surface area contributed by atoms with E-state index in [2.05, 4.69) is 27.3 Å². The summed E-state index contributed by atoms with van der Waals surface area (Å²) in [6.07, 6.45) is 1.70. The van der Waals surface area contributed by atoms with Crippen LogP contribution in [0.4, 0.5) is 5.69 Å². The number of ether oxygens (including phenoxy) is 1. The number of anilines is 1. The van der Waals surface area contributed by atoms with Gasteiger partial charge in [-0.3, -0.25) is 4.79 Å². The number of methoxy groups -OCH3 is 1. The number of nitriles is 1. The molecule has 5 nitrogen and oxygen atoms in total. The van der Waals surface area contributed by atoms with Gasteiger partial charge in [-0.15, -0.1) is 0 Å². The number of nitrogens with one attached hydrogen (secondary N) is 1. The molecule has 1 amide bonds. The van der Waals surface area contributed by atoms with Gasteiger partial charge < -0.3 is 14.6 Å². The van der Waals surface area contributed by atoms with Crippen LogP contribution in [0.2, 0.25) is 0 Å². The van der Waals surface area contributed by atoms with E-state index in [1.807, 2.05) is 18.2 Å². The molecule has 120 valence electrons. The summed E-state index contributed by atoms with van der Waals surface area (Å²) in [5.74, 6) is 0.568. The first kappa shape index (κ1) is 16.1. The first-order chi connectivity index (χ1) is 11.6. The van der Waals surface area contributed by atoms with Crippen LogP contribution in [0.25, 0.3) is 10.9 Å². The van der Waals surface area contributed by atoms with E-state index in [9.17, 15) is 10.1 Å². The van der Waals surface area contributed by atoms with Gasteiger partial charge in [0.05, 0.1) is 12.7 Å². The van der Waals surface area contributed by atoms with Gasteiger partial charge in [0.1, 0.15) is 18.4 Å². The Morgan fingerprint density at radius 1 is 1.29 bits per heavy atom. The van der Waals surface area contributed by atoms with Crippen molar-refractivity contribution in [3.63, 3.8) is 0 Å². The van der Waals surface area contributed by atoms with Crippen LogP contribution in [0.3, 0.4) is 0 Å². The molecule has 3 rings (SSSR count). The van der Waals surface area contributed by atoms with E-state index in [4.69, 9.17) is 4.74 Å². The number of benzene rings is 2. The van der Waals surface area contributed by atoms with Crippen molar-refractivity contribution in [3.05, 3.63) is 58.7 Å². The van der Waals surface area contributed by atoms with Gasteiger partial charge in [-0.1, -0.05) is 15.9 Å². The third kappa shape index (κ3) is 3.26. The number of halogens is 1. The zero-order valence-electron chi connectivity index (χ0n) is 12.9. The topological polar surface area (TPSA) is 67.0 Å². The molecule has 1 aromatic heterocycles. The highest BCUT2D eigenvalue weighted by molar-refractivity contribution is 9.10. The van der Waals surface area contributed by atoms with Crippen LogP contribution in [0.15, 0.2) is 53.1 Å². The smallest absolute Gasteiger partial charge is 0.244 e. The molecule has 0 bridgehead atoms. The largest absolute Gasteiger partial charge is 0.497 e. The summed E-state index contributed by atoms with van der Waals surface area (Å²) in [6.45, 7) is 0.131. The summed E-state index contributed by atoms with van der Waals surface area (Å²) in [5.41, 5.74) is 2.09. The average Bonchev–Trinajstić information content (AvgIpc) is 2.92. The Morgan fingerprint density at radius 2 is 2.04 bits per heavy atom. The third-order valence-corrected chi connectivity index (χ3v) is 4.14. The number of aromatic nitrogens is 1. The molecule has 1 heterocycles. The highest BCUT2D eigenvalue weighted by Crippen LogP contribution is 2.25. The maximum absolute atomic E-state index is 12.3. The molecule has 0 saturated carbocycles. The maximum Gasteiger partial charge on any atom is 0.244 e. The van der Waals surface area contributed by atoms with E-state index < -0.39 is 0 Å². The lowest BCUT2D eigenvalue weighted by atomic mass is 10.2. The fourth-order valence-corrected chi connectivity index (χ4v) is 2.88. The summed E-state index contributed by atoms with van der Waals surface area (Å²) >= 11 is 3.40. The molecule has 0 radical (unpaired) electrons. The highest BCUT2D eigenvalue weighted by Gasteiger charge is 2.11. The molecule has 0 unspecified atom stereocenters. The first-order valence-electron chi connectivity index (χ1n) is 7.23. The summed E-state index contributed by atoms with van der Waals surface area (Å²) < 4.78 is 7.76. The van der Waals surface area contributed by atoms with Crippen molar-refractivity contribution >= 4 is 38.4 Å². The van der Waals surface area contributed by atoms with Gasteiger partial charge in [0.15, 0.2) is 0 Å². The van der Waals surface area contributed by atoms with E-state index in [0.29, 0.717) is 11.3 Å². The fourth-order valence-electron chi connectivity index (χ4n) is 2.52. The van der Waals surface area contributed by atoms with E-state index in [0.717, 1.165) is 21.1 Å². The zero-order chi connectivity index (χ0) is 17.1. The van der Waals surface area contributed by atoms with Crippen molar-refractivity contribution in [1.29, 1.82) is 5.26 Å². The molecule has 1 N–H and O–H groups in total. The minimum absolute atomic E-state index is 0.131. The molecular weight excluding hydrogens is 370 g/mol. The summed E-state index contributed by atoms with van der Waals surface area (Å²) in [5, 5.41) is 12.9. The van der Waals surface area contributed by atoms with Crippen molar-refractivity contribution in [2.24, 2.45) is 0 Å². The number of hydrogen-bond acceptors (Lipinski definition) is 3. The van der Waals surface area contributed by atoms with Crippen LogP contribution >= 0.6 is 15.9 Å². The lowest BCUT2D eigenvalue weighted by molar-refractivity contribution is -0.116. The normalized spacial score (nSPS) is 10.4. The van der Waals surface area contributed by atoms with Crippen LogP contribution in [-0.4, -0.2) is 17.6 Å². The van der Waals surface area contributed by atoms with Crippen molar-refractivity contribution in [3.8, 4) is 11.8 Å². The number of carbonyl (C=O) groups excluding carboxylic acids is 1. The third-order valence-electron chi connectivity index (χ3n) is 3.65. The Balaban J connectivity index is 1.81. The number of rotatable bonds is 4. The molecule has 0 saturated heterocycles. The van der Waals surface area contributed by atoms with Crippen LogP contribution < -0.4 is 10.1 Å². The molecule has 6 heteroatoms. The molecule has 3 aromatic rings. The van der Waals surface area contributed by atoms with Gasteiger partial charge >= 0.3 is 0 Å². The maximum atomic E-state index is 12.3. The quantitative estimate of drug-likeness (QED) is 0.742. The molecule has 24 heavy (non-hydrogen) atoms.